The van der Waals surface area contributed by atoms with Gasteiger partial charge in [0.25, 0.3) is 11.6 Å². The number of nitrogens with zero attached hydrogens (tertiary/aromatic N) is 4. The third-order valence-electron chi connectivity index (χ3n) is 4.58. The molecule has 15 heteroatoms. The Labute approximate surface area is 207 Å². The lowest BCUT2D eigenvalue weighted by atomic mass is 10.2. The summed E-state index contributed by atoms with van der Waals surface area (Å²) < 4.78 is 16.0. The highest BCUT2D eigenvalue weighted by Crippen LogP contribution is 2.38. The molecule has 15 nitrogen and oxygen atoms in total. The molecule has 0 aliphatic rings. The Morgan fingerprint density at radius 3 is 2.24 bits per heavy atom. The van der Waals surface area contributed by atoms with Crippen molar-refractivity contribution in [3.63, 3.8) is 0 Å². The minimum atomic E-state index is -0.807. The Kier molecular flexibility index (Phi) is 8.22. The molecule has 3 aromatic carbocycles. The number of non-ortho nitro benzene ring substituents is 1. The average Bonchev–Trinajstić information content (AvgIpc) is 2.88. The predicted molar refractivity (Wildman–Crippen MR) is 127 cm³/mol. The number of para-hydroxylation sites is 2. The second-order valence-electron chi connectivity index (χ2n) is 6.99. The standard InChI is InChI=1S/C22H17N5O10/c1-35-21-10-14(12-23-24-22(28)13-36-18-5-3-2-4-16(18)26(31)32)6-8-20(21)37-19-9-7-15(25(29)30)11-17(19)27(33)34/h2-12H,13H2,1H3,(H,24,28)/b23-12-. The average molecular weight is 511 g/mol. The van der Waals surface area contributed by atoms with E-state index in [-0.39, 0.29) is 28.7 Å². The van der Waals surface area contributed by atoms with Gasteiger partial charge in [-0.2, -0.15) is 5.10 Å². The first-order chi connectivity index (χ1) is 17.7. The Balaban J connectivity index is 1.66. The summed E-state index contributed by atoms with van der Waals surface area (Å²) in [6, 6.07) is 12.9. The smallest absolute Gasteiger partial charge is 0.318 e. The number of nitro groups is 3. The van der Waals surface area contributed by atoms with Gasteiger partial charge >= 0.3 is 11.4 Å². The van der Waals surface area contributed by atoms with Gasteiger partial charge in [0.2, 0.25) is 5.75 Å². The molecular formula is C22H17N5O10. The molecule has 0 aliphatic heterocycles. The number of rotatable bonds is 11. The molecule has 0 spiro atoms. The van der Waals surface area contributed by atoms with Gasteiger partial charge < -0.3 is 14.2 Å². The summed E-state index contributed by atoms with van der Waals surface area (Å²) in [5.74, 6) is -0.741. The number of carbonyl (C=O) groups is 1. The Morgan fingerprint density at radius 1 is 0.865 bits per heavy atom. The van der Waals surface area contributed by atoms with Crippen LogP contribution < -0.4 is 19.6 Å². The maximum atomic E-state index is 12.0. The Hall–Kier alpha value is -5.60. The molecule has 0 bridgehead atoms. The largest absolute Gasteiger partial charge is 0.493 e. The molecule has 0 unspecified atom stereocenters. The topological polar surface area (TPSA) is 199 Å². The molecule has 0 aliphatic carbocycles. The lowest BCUT2D eigenvalue weighted by molar-refractivity contribution is -0.394. The van der Waals surface area contributed by atoms with Crippen molar-refractivity contribution in [1.29, 1.82) is 0 Å². The van der Waals surface area contributed by atoms with Crippen LogP contribution in [-0.4, -0.2) is 40.6 Å². The normalized spacial score (nSPS) is 10.5. The summed E-state index contributed by atoms with van der Waals surface area (Å²) in [4.78, 5) is 43.0. The van der Waals surface area contributed by atoms with E-state index in [4.69, 9.17) is 14.2 Å². The van der Waals surface area contributed by atoms with Crippen LogP contribution in [0.2, 0.25) is 0 Å². The lowest BCUT2D eigenvalue weighted by Gasteiger charge is -2.11. The van der Waals surface area contributed by atoms with Gasteiger partial charge in [0, 0.05) is 12.1 Å². The van der Waals surface area contributed by atoms with Crippen LogP contribution >= 0.6 is 0 Å². The SMILES string of the molecule is COc1cc(/C=N\NC(=O)COc2ccccc2[N+](=O)[O-])ccc1Oc1ccc([N+](=O)[O-])cc1[N+](=O)[O-]. The van der Waals surface area contributed by atoms with E-state index in [2.05, 4.69) is 10.5 Å². The number of hydrogen-bond acceptors (Lipinski definition) is 11. The molecule has 3 rings (SSSR count). The number of nitro benzene ring substituents is 3. The number of amides is 1. The molecular weight excluding hydrogens is 494 g/mol. The number of carbonyl (C=O) groups excluding carboxylic acids is 1. The van der Waals surface area contributed by atoms with Crippen LogP contribution in [0.3, 0.4) is 0 Å². The minimum absolute atomic E-state index is 0.0692. The highest BCUT2D eigenvalue weighted by Gasteiger charge is 2.22. The molecule has 1 N–H and O–H groups in total. The van der Waals surface area contributed by atoms with Crippen LogP contribution in [0.4, 0.5) is 17.1 Å². The van der Waals surface area contributed by atoms with E-state index in [0.29, 0.717) is 5.56 Å². The van der Waals surface area contributed by atoms with Gasteiger partial charge in [-0.15, -0.1) is 0 Å². The third-order valence-corrected chi connectivity index (χ3v) is 4.58. The second-order valence-corrected chi connectivity index (χ2v) is 6.99. The molecule has 3 aromatic rings. The summed E-state index contributed by atoms with van der Waals surface area (Å²) in [7, 11) is 1.33. The molecule has 0 atom stereocenters. The highest BCUT2D eigenvalue weighted by atomic mass is 16.6. The van der Waals surface area contributed by atoms with Crippen molar-refractivity contribution < 1.29 is 33.8 Å². The zero-order valence-corrected chi connectivity index (χ0v) is 18.9. The highest BCUT2D eigenvalue weighted by molar-refractivity contribution is 5.83. The van der Waals surface area contributed by atoms with E-state index in [9.17, 15) is 35.1 Å². The van der Waals surface area contributed by atoms with E-state index >= 15 is 0 Å². The molecule has 0 saturated heterocycles. The molecule has 1 amide bonds. The van der Waals surface area contributed by atoms with Gasteiger partial charge in [-0.1, -0.05) is 12.1 Å². The first-order valence-electron chi connectivity index (χ1n) is 10.2. The molecule has 0 aromatic heterocycles. The fourth-order valence-corrected chi connectivity index (χ4v) is 2.90. The summed E-state index contributed by atoms with van der Waals surface area (Å²) >= 11 is 0. The Bertz CT molecular complexity index is 1390. The molecule has 0 radical (unpaired) electrons. The summed E-state index contributed by atoms with van der Waals surface area (Å²) in [5, 5.41) is 37.0. The van der Waals surface area contributed by atoms with Gasteiger partial charge in [-0.3, -0.25) is 35.1 Å². The van der Waals surface area contributed by atoms with Gasteiger partial charge in [0.05, 0.1) is 34.2 Å². The summed E-state index contributed by atoms with van der Waals surface area (Å²) in [6.07, 6.45) is 1.27. The van der Waals surface area contributed by atoms with Crippen LogP contribution in [0.25, 0.3) is 0 Å². The van der Waals surface area contributed by atoms with Gasteiger partial charge in [0.15, 0.2) is 23.9 Å². The molecule has 0 fully saturated rings. The van der Waals surface area contributed by atoms with Crippen molar-refractivity contribution in [2.24, 2.45) is 5.10 Å². The number of hydrazone groups is 1. The predicted octanol–water partition coefficient (Wildman–Crippen LogP) is 3.74. The van der Waals surface area contributed by atoms with Crippen LogP contribution in [0.15, 0.2) is 65.8 Å². The van der Waals surface area contributed by atoms with Crippen molar-refractivity contribution >= 4 is 29.2 Å². The van der Waals surface area contributed by atoms with E-state index in [1.54, 1.807) is 0 Å². The lowest BCUT2D eigenvalue weighted by Crippen LogP contribution is -2.24. The number of methoxy groups -OCH3 is 1. The van der Waals surface area contributed by atoms with E-state index in [1.165, 1.54) is 55.8 Å². The van der Waals surface area contributed by atoms with Crippen molar-refractivity contribution in [1.82, 2.24) is 5.43 Å². The van der Waals surface area contributed by atoms with Gasteiger partial charge in [-0.05, 0) is 35.9 Å². The monoisotopic (exact) mass is 511 g/mol. The maximum absolute atomic E-state index is 12.0. The van der Waals surface area contributed by atoms with Crippen molar-refractivity contribution in [3.8, 4) is 23.0 Å². The number of ether oxygens (including phenoxy) is 3. The van der Waals surface area contributed by atoms with Gasteiger partial charge in [0.1, 0.15) is 0 Å². The quantitative estimate of drug-likeness (QED) is 0.225. The zero-order chi connectivity index (χ0) is 26.9. The van der Waals surface area contributed by atoms with Crippen LogP contribution in [-0.2, 0) is 4.79 Å². The second kappa shape index (κ2) is 11.7. The van der Waals surface area contributed by atoms with Crippen LogP contribution in [0.1, 0.15) is 5.56 Å². The Morgan fingerprint density at radius 2 is 1.57 bits per heavy atom. The molecule has 0 heterocycles. The number of nitrogens with one attached hydrogen (secondary N) is 1. The van der Waals surface area contributed by atoms with Crippen molar-refractivity contribution in [3.05, 3.63) is 96.6 Å². The van der Waals surface area contributed by atoms with E-state index in [0.717, 1.165) is 18.2 Å². The fourth-order valence-electron chi connectivity index (χ4n) is 2.90. The van der Waals surface area contributed by atoms with Crippen molar-refractivity contribution in [2.75, 3.05) is 13.7 Å². The fraction of sp³-hybridized carbons (Fsp3) is 0.0909. The third kappa shape index (κ3) is 6.72. The van der Waals surface area contributed by atoms with E-state index < -0.39 is 38.7 Å². The summed E-state index contributed by atoms with van der Waals surface area (Å²) in [6.45, 7) is -0.522. The van der Waals surface area contributed by atoms with Crippen LogP contribution in [0.5, 0.6) is 23.0 Å². The number of benzene rings is 3. The minimum Gasteiger partial charge on any atom is -0.493 e. The summed E-state index contributed by atoms with van der Waals surface area (Å²) in [5.41, 5.74) is 1.30. The van der Waals surface area contributed by atoms with Crippen molar-refractivity contribution in [2.45, 2.75) is 0 Å². The number of hydrogen-bond donors (Lipinski definition) is 1. The van der Waals surface area contributed by atoms with Crippen LogP contribution in [0, 0.1) is 30.3 Å². The first-order valence-corrected chi connectivity index (χ1v) is 10.2. The zero-order valence-electron chi connectivity index (χ0n) is 18.9. The molecule has 0 saturated carbocycles. The molecule has 190 valence electrons. The maximum Gasteiger partial charge on any atom is 0.318 e. The van der Waals surface area contributed by atoms with E-state index in [1.807, 2.05) is 0 Å². The molecule has 37 heavy (non-hydrogen) atoms. The van der Waals surface area contributed by atoms with Gasteiger partial charge in [-0.25, -0.2) is 5.43 Å². The first kappa shape index (κ1) is 26.0.